The number of rotatable bonds is 13. The standard InChI is InChI=1S/C36H41N5O7/c42-30(37-27-14-9-13-24-26(27)21-41(36(24)48)29-17-19-32(44)39-34(29)46)15-7-5-3-1-2-4-6-10-22-11-8-12-23-25(22)20-40(35(23)47)28-16-18-31(43)38-33(28)45/h8-9,11-14,28-29H,1-7,10,15-21H2,(H,37,42)(H,38,43,45)(H,39,44,46). The number of imide groups is 2. The van der Waals surface area contributed by atoms with Crippen LogP contribution in [-0.4, -0.2) is 63.2 Å². The van der Waals surface area contributed by atoms with Crippen molar-refractivity contribution in [2.24, 2.45) is 0 Å². The Morgan fingerprint density at radius 2 is 1.19 bits per heavy atom. The van der Waals surface area contributed by atoms with E-state index in [0.29, 0.717) is 41.8 Å². The van der Waals surface area contributed by atoms with Crippen molar-refractivity contribution in [2.75, 3.05) is 5.32 Å². The van der Waals surface area contributed by atoms with E-state index in [0.717, 1.165) is 62.5 Å². The van der Waals surface area contributed by atoms with Crippen molar-refractivity contribution in [1.29, 1.82) is 0 Å². The zero-order valence-electron chi connectivity index (χ0n) is 27.0. The van der Waals surface area contributed by atoms with Gasteiger partial charge in [0.1, 0.15) is 12.1 Å². The van der Waals surface area contributed by atoms with Crippen molar-refractivity contribution in [3.63, 3.8) is 0 Å². The number of anilines is 1. The molecular formula is C36H41N5O7. The number of hydrogen-bond donors (Lipinski definition) is 3. The van der Waals surface area contributed by atoms with Crippen molar-refractivity contribution in [3.05, 3.63) is 64.2 Å². The van der Waals surface area contributed by atoms with Gasteiger partial charge in [-0.3, -0.25) is 44.2 Å². The second-order valence-corrected chi connectivity index (χ2v) is 13.1. The second kappa shape index (κ2) is 14.5. The third kappa shape index (κ3) is 7.02. The third-order valence-corrected chi connectivity index (χ3v) is 9.89. The molecule has 2 aromatic carbocycles. The summed E-state index contributed by atoms with van der Waals surface area (Å²) in [6.07, 6.45) is 9.24. The molecule has 4 aliphatic heterocycles. The minimum absolute atomic E-state index is 0.111. The molecular weight excluding hydrogens is 614 g/mol. The Kier molecular flexibility index (Phi) is 9.98. The van der Waals surface area contributed by atoms with Crippen LogP contribution in [0, 0.1) is 0 Å². The number of amides is 7. The molecule has 3 N–H and O–H groups in total. The van der Waals surface area contributed by atoms with Crippen molar-refractivity contribution >= 4 is 47.0 Å². The number of unbranched alkanes of at least 4 members (excludes halogenated alkanes) is 6. The number of hydrogen-bond acceptors (Lipinski definition) is 7. The lowest BCUT2D eigenvalue weighted by atomic mass is 9.98. The first kappa shape index (κ1) is 33.0. The lowest BCUT2D eigenvalue weighted by Gasteiger charge is -2.29. The molecule has 0 bridgehead atoms. The van der Waals surface area contributed by atoms with E-state index in [1.54, 1.807) is 23.1 Å². The molecule has 12 nitrogen and oxygen atoms in total. The van der Waals surface area contributed by atoms with Crippen molar-refractivity contribution in [3.8, 4) is 0 Å². The Balaban J connectivity index is 0.879. The Morgan fingerprint density at radius 3 is 1.79 bits per heavy atom. The third-order valence-electron chi connectivity index (χ3n) is 9.89. The summed E-state index contributed by atoms with van der Waals surface area (Å²) in [4.78, 5) is 89.7. The molecule has 48 heavy (non-hydrogen) atoms. The van der Waals surface area contributed by atoms with Gasteiger partial charge in [0.2, 0.25) is 29.5 Å². The Bertz CT molecular complexity index is 1670. The molecule has 0 aliphatic carbocycles. The fourth-order valence-corrected chi connectivity index (χ4v) is 7.28. The first-order chi connectivity index (χ1) is 23.2. The summed E-state index contributed by atoms with van der Waals surface area (Å²) < 4.78 is 0. The van der Waals surface area contributed by atoms with Crippen molar-refractivity contribution in [1.82, 2.24) is 20.4 Å². The highest BCUT2D eigenvalue weighted by molar-refractivity contribution is 6.07. The summed E-state index contributed by atoms with van der Waals surface area (Å²) >= 11 is 0. The molecule has 0 aromatic heterocycles. The summed E-state index contributed by atoms with van der Waals surface area (Å²) in [5.74, 6) is -2.01. The molecule has 6 rings (SSSR count). The van der Waals surface area contributed by atoms with Gasteiger partial charge in [0.15, 0.2) is 0 Å². The number of aryl methyl sites for hydroxylation is 1. The highest BCUT2D eigenvalue weighted by atomic mass is 16.2. The zero-order chi connectivity index (χ0) is 33.8. The number of carbonyl (C=O) groups is 7. The normalized spacial score (nSPS) is 20.5. The number of piperidine rings is 2. The van der Waals surface area contributed by atoms with E-state index in [1.165, 1.54) is 4.90 Å². The molecule has 2 unspecified atom stereocenters. The average molecular weight is 656 g/mol. The first-order valence-corrected chi connectivity index (χ1v) is 17.0. The van der Waals surface area contributed by atoms with Gasteiger partial charge in [-0.2, -0.15) is 0 Å². The molecule has 0 spiro atoms. The van der Waals surface area contributed by atoms with Crippen LogP contribution >= 0.6 is 0 Å². The molecule has 252 valence electrons. The SMILES string of the molecule is O=C1CCC(N2Cc3c(CCCCCCCCCC(=O)Nc4cccc5c4CN(C4CCC(=O)NC4=O)C5=O)cccc3C2=O)C(=O)N1. The van der Waals surface area contributed by atoms with Gasteiger partial charge < -0.3 is 15.1 Å². The van der Waals surface area contributed by atoms with Crippen LogP contribution in [0.5, 0.6) is 0 Å². The number of nitrogens with one attached hydrogen (secondary N) is 3. The van der Waals surface area contributed by atoms with E-state index in [-0.39, 0.29) is 55.3 Å². The highest BCUT2D eigenvalue weighted by Crippen LogP contribution is 2.33. The van der Waals surface area contributed by atoms with Gasteiger partial charge in [-0.25, -0.2) is 0 Å². The van der Waals surface area contributed by atoms with E-state index >= 15 is 0 Å². The smallest absolute Gasteiger partial charge is 0.255 e. The van der Waals surface area contributed by atoms with E-state index in [1.807, 2.05) is 12.1 Å². The molecule has 12 heteroatoms. The zero-order valence-corrected chi connectivity index (χ0v) is 27.0. The number of fused-ring (bicyclic) bond motifs is 2. The van der Waals surface area contributed by atoms with Crippen LogP contribution in [0.3, 0.4) is 0 Å². The van der Waals surface area contributed by atoms with Gasteiger partial charge >= 0.3 is 0 Å². The lowest BCUT2D eigenvalue weighted by Crippen LogP contribution is -2.52. The number of nitrogens with zero attached hydrogens (tertiary/aromatic N) is 2. The first-order valence-electron chi connectivity index (χ1n) is 17.0. The fourth-order valence-electron chi connectivity index (χ4n) is 7.28. The molecule has 4 aliphatic rings. The van der Waals surface area contributed by atoms with Gasteiger partial charge in [-0.15, -0.1) is 0 Å². The fraction of sp³-hybridized carbons (Fsp3) is 0.472. The van der Waals surface area contributed by atoms with Gasteiger partial charge in [0, 0.05) is 54.7 Å². The van der Waals surface area contributed by atoms with E-state index in [4.69, 9.17) is 0 Å². The largest absolute Gasteiger partial charge is 0.326 e. The molecule has 2 fully saturated rings. The van der Waals surface area contributed by atoms with Crippen LogP contribution in [0.15, 0.2) is 36.4 Å². The lowest BCUT2D eigenvalue weighted by molar-refractivity contribution is -0.138. The topological polar surface area (TPSA) is 162 Å². The van der Waals surface area contributed by atoms with Crippen LogP contribution in [-0.2, 0) is 43.5 Å². The summed E-state index contributed by atoms with van der Waals surface area (Å²) in [5.41, 5.74) is 4.53. The number of carbonyl (C=O) groups excluding carboxylic acids is 7. The quantitative estimate of drug-likeness (QED) is 0.220. The summed E-state index contributed by atoms with van der Waals surface area (Å²) in [6, 6.07) is 9.66. The predicted molar refractivity (Wildman–Crippen MR) is 174 cm³/mol. The predicted octanol–water partition coefficient (Wildman–Crippen LogP) is 3.51. The summed E-state index contributed by atoms with van der Waals surface area (Å²) in [5, 5.41) is 7.61. The van der Waals surface area contributed by atoms with Crippen LogP contribution in [0.1, 0.15) is 114 Å². The minimum Gasteiger partial charge on any atom is -0.326 e. The van der Waals surface area contributed by atoms with Gasteiger partial charge in [0.05, 0.1) is 0 Å². The van der Waals surface area contributed by atoms with E-state index in [9.17, 15) is 33.6 Å². The summed E-state index contributed by atoms with van der Waals surface area (Å²) in [6.45, 7) is 0.610. The van der Waals surface area contributed by atoms with Gasteiger partial charge in [0.25, 0.3) is 11.8 Å². The van der Waals surface area contributed by atoms with Crippen molar-refractivity contribution < 1.29 is 33.6 Å². The minimum atomic E-state index is -0.700. The van der Waals surface area contributed by atoms with Crippen LogP contribution < -0.4 is 16.0 Å². The molecule has 7 amide bonds. The molecule has 0 radical (unpaired) electrons. The maximum atomic E-state index is 13.1. The van der Waals surface area contributed by atoms with E-state index in [2.05, 4.69) is 22.0 Å². The molecule has 2 aromatic rings. The van der Waals surface area contributed by atoms with E-state index < -0.39 is 23.9 Å². The number of benzene rings is 2. The van der Waals surface area contributed by atoms with Gasteiger partial charge in [-0.05, 0) is 61.4 Å². The maximum absolute atomic E-state index is 13.1. The monoisotopic (exact) mass is 655 g/mol. The van der Waals surface area contributed by atoms with Crippen LogP contribution in [0.4, 0.5) is 5.69 Å². The molecule has 2 saturated heterocycles. The Hall–Kier alpha value is -4.87. The Morgan fingerprint density at radius 1 is 0.667 bits per heavy atom. The van der Waals surface area contributed by atoms with Crippen molar-refractivity contribution in [2.45, 2.75) is 109 Å². The van der Waals surface area contributed by atoms with Crippen LogP contribution in [0.25, 0.3) is 0 Å². The van der Waals surface area contributed by atoms with Crippen LogP contribution in [0.2, 0.25) is 0 Å². The summed E-state index contributed by atoms with van der Waals surface area (Å²) in [7, 11) is 0. The molecule has 2 atom stereocenters. The molecule has 4 heterocycles. The Labute approximate surface area is 279 Å². The highest BCUT2D eigenvalue weighted by Gasteiger charge is 2.41. The second-order valence-electron chi connectivity index (χ2n) is 13.1. The maximum Gasteiger partial charge on any atom is 0.255 e. The van der Waals surface area contributed by atoms with Gasteiger partial charge in [-0.1, -0.05) is 50.3 Å². The molecule has 0 saturated carbocycles. The average Bonchev–Trinajstić information content (AvgIpc) is 3.57.